The van der Waals surface area contributed by atoms with Crippen LogP contribution in [-0.2, 0) is 26.7 Å². The molecule has 0 saturated heterocycles. The molecule has 2 aromatic rings. The van der Waals surface area contributed by atoms with Crippen LogP contribution in [0, 0.1) is 11.8 Å². The predicted molar refractivity (Wildman–Crippen MR) is 108 cm³/mol. The molecule has 2 N–H and O–H groups in total. The molecule has 1 aliphatic rings. The van der Waals surface area contributed by atoms with Crippen molar-refractivity contribution in [3.8, 4) is 0 Å². The van der Waals surface area contributed by atoms with Gasteiger partial charge in [0.25, 0.3) is 5.60 Å². The second-order valence-corrected chi connectivity index (χ2v) is 10.2. The minimum absolute atomic E-state index is 0.00516. The van der Waals surface area contributed by atoms with Crippen LogP contribution in [0.15, 0.2) is 47.6 Å². The quantitative estimate of drug-likeness (QED) is 0.549. The Morgan fingerprint density at radius 2 is 1.62 bits per heavy atom. The van der Waals surface area contributed by atoms with Crippen LogP contribution in [0.4, 0.5) is 32.0 Å². The molecule has 1 saturated carbocycles. The number of aliphatic hydroxyl groups is 1. The topological polar surface area (TPSA) is 96.4 Å². The van der Waals surface area contributed by atoms with Crippen molar-refractivity contribution in [2.45, 2.75) is 42.7 Å². The lowest BCUT2D eigenvalue weighted by Gasteiger charge is -2.32. The van der Waals surface area contributed by atoms with Crippen LogP contribution < -0.4 is 5.32 Å². The number of nitrogens with one attached hydrogen (secondary N) is 1. The first-order chi connectivity index (χ1) is 15.5. The molecule has 6 nitrogen and oxygen atoms in total. The molecule has 3 rings (SSSR count). The fourth-order valence-electron chi connectivity index (χ4n) is 3.37. The smallest absolute Gasteiger partial charge is 0.369 e. The van der Waals surface area contributed by atoms with Gasteiger partial charge in [-0.2, -0.15) is 26.3 Å². The van der Waals surface area contributed by atoms with Crippen LogP contribution in [0.2, 0.25) is 0 Å². The van der Waals surface area contributed by atoms with Gasteiger partial charge < -0.3 is 10.4 Å². The van der Waals surface area contributed by atoms with E-state index in [1.165, 1.54) is 18.3 Å². The summed E-state index contributed by atoms with van der Waals surface area (Å²) in [6, 6.07) is 5.09. The lowest BCUT2D eigenvalue weighted by atomic mass is 9.92. The minimum Gasteiger partial charge on any atom is -0.369 e. The maximum atomic E-state index is 12.9. The number of nitrogens with zero attached hydrogens (tertiary/aromatic N) is 1. The summed E-state index contributed by atoms with van der Waals surface area (Å²) in [5.41, 5.74) is -6.27. The number of halogens is 6. The maximum Gasteiger partial charge on any atom is 0.430 e. The summed E-state index contributed by atoms with van der Waals surface area (Å²) in [6.07, 6.45) is -10.3. The Morgan fingerprint density at radius 3 is 2.06 bits per heavy atom. The molecule has 1 aliphatic carbocycles. The molecule has 186 valence electrons. The van der Waals surface area contributed by atoms with E-state index in [2.05, 4.69) is 10.3 Å². The summed E-state index contributed by atoms with van der Waals surface area (Å²) < 4.78 is 102. The molecule has 0 spiro atoms. The third-order valence-electron chi connectivity index (χ3n) is 5.60. The van der Waals surface area contributed by atoms with E-state index in [4.69, 9.17) is 0 Å². The first-order valence-electron chi connectivity index (χ1n) is 9.98. The van der Waals surface area contributed by atoms with Crippen LogP contribution in [0.1, 0.15) is 24.5 Å². The molecule has 1 amide bonds. The lowest BCUT2D eigenvalue weighted by molar-refractivity contribution is -0.376. The Balaban J connectivity index is 1.65. The molecular weight excluding hydrogens is 490 g/mol. The third-order valence-corrected chi connectivity index (χ3v) is 7.34. The summed E-state index contributed by atoms with van der Waals surface area (Å²) in [4.78, 5) is 16.1. The van der Waals surface area contributed by atoms with Crippen molar-refractivity contribution >= 4 is 21.4 Å². The molecule has 1 aromatic heterocycles. The van der Waals surface area contributed by atoms with Crippen molar-refractivity contribution in [1.29, 1.82) is 0 Å². The fraction of sp³-hybridized carbons (Fsp3) is 0.429. The second kappa shape index (κ2) is 8.84. The van der Waals surface area contributed by atoms with Gasteiger partial charge in [-0.25, -0.2) is 13.4 Å². The van der Waals surface area contributed by atoms with Gasteiger partial charge in [-0.3, -0.25) is 4.79 Å². The normalized spacial score (nSPS) is 19.1. The Hall–Kier alpha value is -2.67. The van der Waals surface area contributed by atoms with Crippen molar-refractivity contribution < 1.29 is 44.7 Å². The average Bonchev–Trinajstić information content (AvgIpc) is 3.40. The molecule has 0 bridgehead atoms. The van der Waals surface area contributed by atoms with E-state index in [1.807, 2.05) is 6.92 Å². The van der Waals surface area contributed by atoms with E-state index in [0.29, 0.717) is 23.6 Å². The highest BCUT2D eigenvalue weighted by Gasteiger charge is 2.71. The molecular formula is C21H20F6N2O4S. The van der Waals surface area contributed by atoms with Crippen molar-refractivity contribution in [2.24, 2.45) is 11.8 Å². The van der Waals surface area contributed by atoms with Gasteiger partial charge in [0.15, 0.2) is 14.9 Å². The van der Waals surface area contributed by atoms with Crippen molar-refractivity contribution in [3.63, 3.8) is 0 Å². The SMILES string of the molecule is CC1CC1CS(=O)(=O)c1ccc(CC(=O)Nc2ccc(C(O)(C(F)(F)F)C(F)(F)F)cc2)cn1. The largest absolute Gasteiger partial charge is 0.430 e. The number of carbonyl (C=O) groups is 1. The zero-order chi connectivity index (χ0) is 25.5. The molecule has 2 unspecified atom stereocenters. The number of hydrogen-bond acceptors (Lipinski definition) is 5. The van der Waals surface area contributed by atoms with Crippen LogP contribution in [0.25, 0.3) is 0 Å². The molecule has 1 aromatic carbocycles. The van der Waals surface area contributed by atoms with Crippen LogP contribution >= 0.6 is 0 Å². The minimum atomic E-state index is -6.01. The lowest BCUT2D eigenvalue weighted by Crippen LogP contribution is -2.53. The van der Waals surface area contributed by atoms with E-state index < -0.39 is 39.3 Å². The molecule has 0 radical (unpaired) electrons. The van der Waals surface area contributed by atoms with Gasteiger partial charge in [0, 0.05) is 17.4 Å². The van der Waals surface area contributed by atoms with E-state index in [1.54, 1.807) is 0 Å². The van der Waals surface area contributed by atoms with Gasteiger partial charge >= 0.3 is 12.4 Å². The number of sulfone groups is 1. The van der Waals surface area contributed by atoms with E-state index >= 15 is 0 Å². The average molecular weight is 510 g/mol. The summed E-state index contributed by atoms with van der Waals surface area (Å²) in [5.74, 6) is -0.220. The molecule has 13 heteroatoms. The summed E-state index contributed by atoms with van der Waals surface area (Å²) >= 11 is 0. The Kier molecular flexibility index (Phi) is 6.74. The highest BCUT2D eigenvalue weighted by atomic mass is 32.2. The van der Waals surface area contributed by atoms with E-state index in [-0.39, 0.29) is 28.8 Å². The van der Waals surface area contributed by atoms with Crippen LogP contribution in [-0.4, -0.2) is 42.5 Å². The zero-order valence-corrected chi connectivity index (χ0v) is 18.4. The summed E-state index contributed by atoms with van der Waals surface area (Å²) in [5, 5.41) is 11.6. The second-order valence-electron chi connectivity index (χ2n) is 8.27. The zero-order valence-electron chi connectivity index (χ0n) is 17.6. The Bertz CT molecular complexity index is 1130. The molecule has 34 heavy (non-hydrogen) atoms. The maximum absolute atomic E-state index is 12.9. The first-order valence-corrected chi connectivity index (χ1v) is 11.6. The number of amides is 1. The summed E-state index contributed by atoms with van der Waals surface area (Å²) in [6.45, 7) is 1.95. The monoisotopic (exact) mass is 510 g/mol. The predicted octanol–water partition coefficient (Wildman–Crippen LogP) is 4.00. The molecule has 1 heterocycles. The highest BCUT2D eigenvalue weighted by molar-refractivity contribution is 7.91. The number of hydrogen-bond donors (Lipinski definition) is 2. The molecule has 1 fully saturated rings. The molecule has 2 atom stereocenters. The van der Waals surface area contributed by atoms with Crippen molar-refractivity contribution in [1.82, 2.24) is 4.98 Å². The van der Waals surface area contributed by atoms with Crippen LogP contribution in [0.3, 0.4) is 0 Å². The van der Waals surface area contributed by atoms with Gasteiger partial charge in [0.1, 0.15) is 0 Å². The number of aromatic nitrogens is 1. The number of benzene rings is 1. The van der Waals surface area contributed by atoms with Crippen LogP contribution in [0.5, 0.6) is 0 Å². The van der Waals surface area contributed by atoms with Gasteiger partial charge in [0.2, 0.25) is 5.91 Å². The Labute approximate surface area is 190 Å². The standard InChI is InChI=1S/C21H20F6N2O4S/c1-12-8-14(12)11-34(32,33)18-7-2-13(10-28-18)9-17(30)29-16-5-3-15(4-6-16)19(31,20(22,23)24)21(25,26)27/h2-7,10,12,14,31H,8-9,11H2,1H3,(H,29,30). The highest BCUT2D eigenvalue weighted by Crippen LogP contribution is 2.50. The number of anilines is 1. The third kappa shape index (κ3) is 5.35. The van der Waals surface area contributed by atoms with E-state index in [0.717, 1.165) is 18.6 Å². The number of rotatable bonds is 7. The molecule has 0 aliphatic heterocycles. The van der Waals surface area contributed by atoms with E-state index in [9.17, 15) is 44.7 Å². The first kappa shape index (κ1) is 25.9. The Morgan fingerprint density at radius 1 is 1.06 bits per heavy atom. The van der Waals surface area contributed by atoms with Crippen molar-refractivity contribution in [2.75, 3.05) is 11.1 Å². The number of pyridine rings is 1. The van der Waals surface area contributed by atoms with Gasteiger partial charge in [-0.15, -0.1) is 0 Å². The van der Waals surface area contributed by atoms with Crippen molar-refractivity contribution in [3.05, 3.63) is 53.7 Å². The fourth-order valence-corrected chi connectivity index (χ4v) is 5.06. The van der Waals surface area contributed by atoms with Gasteiger partial charge in [0.05, 0.1) is 12.2 Å². The number of carbonyl (C=O) groups excluding carboxylic acids is 1. The number of alkyl halides is 6. The van der Waals surface area contributed by atoms with Gasteiger partial charge in [-0.1, -0.05) is 25.1 Å². The van der Waals surface area contributed by atoms with Gasteiger partial charge in [-0.05, 0) is 42.0 Å². The summed E-state index contributed by atoms with van der Waals surface area (Å²) in [7, 11) is -3.55.